The summed E-state index contributed by atoms with van der Waals surface area (Å²) in [5, 5.41) is 6.00. The number of aromatic nitrogens is 1. The molecule has 0 fully saturated rings. The fourth-order valence-corrected chi connectivity index (χ4v) is 5.75. The Balaban J connectivity index is 1.75. The molecule has 3 heterocycles. The Hall–Kier alpha value is -3.23. The van der Waals surface area contributed by atoms with Crippen LogP contribution in [-0.2, 0) is 4.74 Å². The number of nitrogens with two attached hydrogens (primary N) is 1. The lowest BCUT2D eigenvalue weighted by Crippen LogP contribution is -2.15. The zero-order valence-corrected chi connectivity index (χ0v) is 20.8. The number of amides is 1. The number of carbonyl (C=O) groups excluding carboxylic acids is 2. The van der Waals surface area contributed by atoms with Gasteiger partial charge in [-0.15, -0.1) is 22.7 Å². The van der Waals surface area contributed by atoms with Crippen molar-refractivity contribution in [3.05, 3.63) is 62.5 Å². The van der Waals surface area contributed by atoms with Crippen molar-refractivity contribution in [1.82, 2.24) is 4.98 Å². The van der Waals surface area contributed by atoms with E-state index in [4.69, 9.17) is 10.5 Å². The van der Waals surface area contributed by atoms with Gasteiger partial charge >= 0.3 is 5.97 Å². The Morgan fingerprint density at radius 1 is 1.09 bits per heavy atom. The van der Waals surface area contributed by atoms with E-state index in [1.807, 2.05) is 57.3 Å². The number of nitrogens with zero attached hydrogens (tertiary/aromatic N) is 1. The predicted octanol–water partition coefficient (Wildman–Crippen LogP) is 6.27. The highest BCUT2D eigenvalue weighted by Gasteiger charge is 2.25. The smallest absolute Gasteiger partial charge is 0.341 e. The number of ether oxygens (including phenoxy) is 1. The highest BCUT2D eigenvalue weighted by molar-refractivity contribution is 7.21. The molecule has 0 aliphatic rings. The second kappa shape index (κ2) is 8.96. The van der Waals surface area contributed by atoms with E-state index in [2.05, 4.69) is 10.3 Å². The number of pyridine rings is 1. The van der Waals surface area contributed by atoms with Crippen LogP contribution in [0.4, 0.5) is 10.7 Å². The monoisotopic (exact) mass is 479 g/mol. The second-order valence-electron chi connectivity index (χ2n) is 7.87. The maximum atomic E-state index is 13.3. The number of nitrogen functional groups attached to an aromatic ring is 1. The van der Waals surface area contributed by atoms with Crippen LogP contribution in [0.2, 0.25) is 0 Å². The molecular weight excluding hydrogens is 454 g/mol. The van der Waals surface area contributed by atoms with E-state index < -0.39 is 5.97 Å². The fraction of sp³-hybridized carbons (Fsp3) is 0.240. The van der Waals surface area contributed by atoms with E-state index in [0.717, 1.165) is 43.7 Å². The van der Waals surface area contributed by atoms with Gasteiger partial charge in [-0.25, -0.2) is 9.78 Å². The van der Waals surface area contributed by atoms with E-state index in [1.54, 1.807) is 6.92 Å². The summed E-state index contributed by atoms with van der Waals surface area (Å²) in [4.78, 5) is 31.8. The van der Waals surface area contributed by atoms with E-state index in [1.165, 1.54) is 22.7 Å². The minimum Gasteiger partial charge on any atom is -0.462 e. The Morgan fingerprint density at radius 2 is 1.79 bits per heavy atom. The van der Waals surface area contributed by atoms with Crippen LogP contribution in [0.25, 0.3) is 21.3 Å². The van der Waals surface area contributed by atoms with Gasteiger partial charge in [0.25, 0.3) is 5.91 Å². The summed E-state index contributed by atoms with van der Waals surface area (Å²) in [6.07, 6.45) is 0. The van der Waals surface area contributed by atoms with Crippen molar-refractivity contribution >= 4 is 55.5 Å². The summed E-state index contributed by atoms with van der Waals surface area (Å²) in [7, 11) is 0. The molecule has 3 aromatic heterocycles. The van der Waals surface area contributed by atoms with Gasteiger partial charge in [0.05, 0.1) is 12.3 Å². The molecule has 4 aromatic rings. The number of hydrogen-bond acceptors (Lipinski definition) is 7. The molecule has 1 aromatic carbocycles. The van der Waals surface area contributed by atoms with Gasteiger partial charge in [0.1, 0.15) is 20.3 Å². The molecule has 0 spiro atoms. The summed E-state index contributed by atoms with van der Waals surface area (Å²) in [5.74, 6) is -0.842. The van der Waals surface area contributed by atoms with Gasteiger partial charge in [0.15, 0.2) is 0 Å². The third-order valence-corrected chi connectivity index (χ3v) is 7.74. The number of carbonyl (C=O) groups is 2. The highest BCUT2D eigenvalue weighted by Crippen LogP contribution is 2.39. The standard InChI is InChI=1S/C25H25N3O3S2/c1-6-31-25(30)19-17(16-9-7-12(2)8-10-16)11-32-23(19)28-22(29)21-20(26)18-14(4)13(3)15(5)27-24(18)33-21/h7-11H,6,26H2,1-5H3,(H,28,29). The van der Waals surface area contributed by atoms with Crippen molar-refractivity contribution in [2.24, 2.45) is 0 Å². The van der Waals surface area contributed by atoms with E-state index >= 15 is 0 Å². The van der Waals surface area contributed by atoms with Crippen LogP contribution in [0, 0.1) is 27.7 Å². The number of rotatable bonds is 5. The summed E-state index contributed by atoms with van der Waals surface area (Å²) >= 11 is 2.55. The molecule has 170 valence electrons. The molecule has 0 aliphatic heterocycles. The molecule has 0 radical (unpaired) electrons. The topological polar surface area (TPSA) is 94.3 Å². The van der Waals surface area contributed by atoms with Crippen LogP contribution in [-0.4, -0.2) is 23.5 Å². The number of hydrogen-bond donors (Lipinski definition) is 2. The number of esters is 1. The van der Waals surface area contributed by atoms with Crippen molar-refractivity contribution in [1.29, 1.82) is 0 Å². The Labute approximate surface area is 200 Å². The summed E-state index contributed by atoms with van der Waals surface area (Å²) in [5.41, 5.74) is 12.9. The van der Waals surface area contributed by atoms with Gasteiger partial charge in [-0.3, -0.25) is 4.79 Å². The molecule has 0 saturated carbocycles. The van der Waals surface area contributed by atoms with Crippen LogP contribution in [0.3, 0.4) is 0 Å². The zero-order valence-electron chi connectivity index (χ0n) is 19.2. The molecule has 1 amide bonds. The van der Waals surface area contributed by atoms with Crippen LogP contribution < -0.4 is 11.1 Å². The first-order valence-corrected chi connectivity index (χ1v) is 12.2. The minimum atomic E-state index is -0.474. The molecule has 4 rings (SSSR count). The predicted molar refractivity (Wildman–Crippen MR) is 137 cm³/mol. The van der Waals surface area contributed by atoms with E-state index in [-0.39, 0.29) is 12.5 Å². The Kier molecular flexibility index (Phi) is 6.23. The van der Waals surface area contributed by atoms with Crippen molar-refractivity contribution in [2.75, 3.05) is 17.7 Å². The highest BCUT2D eigenvalue weighted by atomic mass is 32.1. The number of aryl methyl sites for hydroxylation is 3. The zero-order chi connectivity index (χ0) is 23.9. The van der Waals surface area contributed by atoms with Gasteiger partial charge in [-0.2, -0.15) is 0 Å². The molecule has 0 saturated heterocycles. The van der Waals surface area contributed by atoms with Crippen LogP contribution in [0.15, 0.2) is 29.6 Å². The third-order valence-electron chi connectivity index (χ3n) is 5.74. The molecule has 0 atom stereocenters. The molecule has 0 unspecified atom stereocenters. The lowest BCUT2D eigenvalue weighted by atomic mass is 10.0. The average molecular weight is 480 g/mol. The fourth-order valence-electron chi connectivity index (χ4n) is 3.70. The largest absolute Gasteiger partial charge is 0.462 e. The van der Waals surface area contributed by atoms with Gasteiger partial charge in [0, 0.05) is 22.0 Å². The van der Waals surface area contributed by atoms with E-state index in [9.17, 15) is 9.59 Å². The van der Waals surface area contributed by atoms with Crippen LogP contribution in [0.1, 0.15) is 49.3 Å². The van der Waals surface area contributed by atoms with Crippen LogP contribution >= 0.6 is 22.7 Å². The van der Waals surface area contributed by atoms with Gasteiger partial charge in [0.2, 0.25) is 0 Å². The minimum absolute atomic E-state index is 0.238. The average Bonchev–Trinajstić information content (AvgIpc) is 3.34. The molecule has 0 aliphatic carbocycles. The van der Waals surface area contributed by atoms with Crippen molar-refractivity contribution in [2.45, 2.75) is 34.6 Å². The number of benzene rings is 1. The number of thiophene rings is 2. The van der Waals surface area contributed by atoms with Gasteiger partial charge in [-0.1, -0.05) is 29.8 Å². The first-order valence-electron chi connectivity index (χ1n) is 10.6. The molecule has 3 N–H and O–H groups in total. The molecule has 8 heteroatoms. The first-order chi connectivity index (χ1) is 15.7. The summed E-state index contributed by atoms with van der Waals surface area (Å²) in [6.45, 7) is 9.93. The summed E-state index contributed by atoms with van der Waals surface area (Å²) < 4.78 is 5.30. The Bertz CT molecular complexity index is 1380. The summed E-state index contributed by atoms with van der Waals surface area (Å²) in [6, 6.07) is 7.87. The normalized spacial score (nSPS) is 11.1. The second-order valence-corrected chi connectivity index (χ2v) is 9.75. The third kappa shape index (κ3) is 4.12. The maximum absolute atomic E-state index is 13.3. The van der Waals surface area contributed by atoms with Gasteiger partial charge in [-0.05, 0) is 51.3 Å². The van der Waals surface area contributed by atoms with Crippen molar-refractivity contribution < 1.29 is 14.3 Å². The quantitative estimate of drug-likeness (QED) is 0.329. The molecule has 33 heavy (non-hydrogen) atoms. The molecule has 6 nitrogen and oxygen atoms in total. The first kappa shape index (κ1) is 22.9. The number of anilines is 2. The van der Waals surface area contributed by atoms with Crippen molar-refractivity contribution in [3.8, 4) is 11.1 Å². The number of fused-ring (bicyclic) bond motifs is 1. The lowest BCUT2D eigenvalue weighted by molar-refractivity contribution is 0.0529. The SMILES string of the molecule is CCOC(=O)c1c(-c2ccc(C)cc2)csc1NC(=O)c1sc2nc(C)c(C)c(C)c2c1N. The lowest BCUT2D eigenvalue weighted by Gasteiger charge is -2.09. The van der Waals surface area contributed by atoms with E-state index in [0.29, 0.717) is 21.1 Å². The Morgan fingerprint density at radius 3 is 2.45 bits per heavy atom. The number of nitrogens with one attached hydrogen (secondary N) is 1. The van der Waals surface area contributed by atoms with Gasteiger partial charge < -0.3 is 15.8 Å². The van der Waals surface area contributed by atoms with Crippen LogP contribution in [0.5, 0.6) is 0 Å². The van der Waals surface area contributed by atoms with Crippen molar-refractivity contribution in [3.63, 3.8) is 0 Å². The maximum Gasteiger partial charge on any atom is 0.341 e. The molecular formula is C25H25N3O3S2. The molecule has 0 bridgehead atoms.